The Morgan fingerprint density at radius 2 is 1.70 bits per heavy atom. The van der Waals surface area contributed by atoms with Crippen LogP contribution in [-0.2, 0) is 29.6 Å². The molecular formula is C20H25N3O8S2. The molecule has 0 aromatic heterocycles. The monoisotopic (exact) mass is 499 g/mol. The van der Waals surface area contributed by atoms with Gasteiger partial charge in [0, 0.05) is 20.6 Å². The zero-order valence-electron chi connectivity index (χ0n) is 18.5. The van der Waals surface area contributed by atoms with Gasteiger partial charge in [-0.05, 0) is 36.4 Å². The van der Waals surface area contributed by atoms with Crippen LogP contribution in [0.5, 0.6) is 5.75 Å². The van der Waals surface area contributed by atoms with Crippen LogP contribution in [0.1, 0.15) is 17.3 Å². The van der Waals surface area contributed by atoms with Gasteiger partial charge < -0.3 is 14.8 Å². The van der Waals surface area contributed by atoms with Crippen LogP contribution in [0, 0.1) is 0 Å². The maximum atomic E-state index is 12.3. The van der Waals surface area contributed by atoms with Crippen LogP contribution in [0.2, 0.25) is 0 Å². The van der Waals surface area contributed by atoms with Gasteiger partial charge in [-0.15, -0.1) is 0 Å². The molecule has 0 bridgehead atoms. The summed E-state index contributed by atoms with van der Waals surface area (Å²) in [7, 11) is -3.44. The van der Waals surface area contributed by atoms with Crippen molar-refractivity contribution in [3.8, 4) is 5.75 Å². The SMILES string of the molecule is CCNS(=O)(=O)c1cccc(C(=O)OCC(=O)Nc2cc(S(=O)(=O)N(C)C)ccc2OC)c1. The van der Waals surface area contributed by atoms with Crippen LogP contribution in [0.4, 0.5) is 5.69 Å². The Bertz CT molecular complexity index is 1240. The normalized spacial score (nSPS) is 11.8. The van der Waals surface area contributed by atoms with E-state index in [9.17, 15) is 26.4 Å². The molecule has 0 spiro atoms. The quantitative estimate of drug-likeness (QED) is 0.461. The van der Waals surface area contributed by atoms with Crippen molar-refractivity contribution in [1.82, 2.24) is 9.03 Å². The highest BCUT2D eigenvalue weighted by Gasteiger charge is 2.21. The zero-order valence-corrected chi connectivity index (χ0v) is 20.1. The van der Waals surface area contributed by atoms with E-state index in [2.05, 4.69) is 10.0 Å². The second-order valence-corrected chi connectivity index (χ2v) is 10.7. The van der Waals surface area contributed by atoms with Gasteiger partial charge in [-0.1, -0.05) is 13.0 Å². The lowest BCUT2D eigenvalue weighted by Crippen LogP contribution is -2.24. The predicted molar refractivity (Wildman–Crippen MR) is 120 cm³/mol. The zero-order chi connectivity index (χ0) is 24.8. The lowest BCUT2D eigenvalue weighted by Gasteiger charge is -2.15. The van der Waals surface area contributed by atoms with Crippen LogP contribution in [0.15, 0.2) is 52.3 Å². The number of esters is 1. The van der Waals surface area contributed by atoms with Crippen molar-refractivity contribution in [3.05, 3.63) is 48.0 Å². The summed E-state index contributed by atoms with van der Waals surface area (Å²) in [5, 5.41) is 2.44. The number of carbonyl (C=O) groups excluding carboxylic acids is 2. The minimum absolute atomic E-state index is 0.0570. The van der Waals surface area contributed by atoms with Crippen molar-refractivity contribution in [3.63, 3.8) is 0 Å². The largest absolute Gasteiger partial charge is 0.495 e. The third-order valence-electron chi connectivity index (χ3n) is 4.27. The van der Waals surface area contributed by atoms with E-state index in [1.165, 1.54) is 57.6 Å². The summed E-state index contributed by atoms with van der Waals surface area (Å²) in [5.74, 6) is -1.46. The Morgan fingerprint density at radius 1 is 1.00 bits per heavy atom. The van der Waals surface area contributed by atoms with Gasteiger partial charge in [0.1, 0.15) is 5.75 Å². The summed E-state index contributed by atoms with van der Waals surface area (Å²) < 4.78 is 62.3. The number of ether oxygens (including phenoxy) is 2. The van der Waals surface area contributed by atoms with Crippen molar-refractivity contribution in [1.29, 1.82) is 0 Å². The highest BCUT2D eigenvalue weighted by Crippen LogP contribution is 2.28. The molecule has 0 atom stereocenters. The van der Waals surface area contributed by atoms with Crippen molar-refractivity contribution < 1.29 is 35.9 Å². The smallest absolute Gasteiger partial charge is 0.338 e. The maximum Gasteiger partial charge on any atom is 0.338 e. The number of sulfonamides is 2. The molecule has 2 rings (SSSR count). The van der Waals surface area contributed by atoms with E-state index in [-0.39, 0.29) is 33.3 Å². The number of nitrogens with one attached hydrogen (secondary N) is 2. The van der Waals surface area contributed by atoms with E-state index in [4.69, 9.17) is 9.47 Å². The van der Waals surface area contributed by atoms with Crippen LogP contribution in [0.3, 0.4) is 0 Å². The van der Waals surface area contributed by atoms with E-state index in [1.54, 1.807) is 6.92 Å². The van der Waals surface area contributed by atoms with Gasteiger partial charge in [0.25, 0.3) is 5.91 Å². The van der Waals surface area contributed by atoms with E-state index < -0.39 is 38.5 Å². The Hall–Kier alpha value is -3.00. The molecule has 13 heteroatoms. The molecule has 0 heterocycles. The molecule has 33 heavy (non-hydrogen) atoms. The molecule has 2 aromatic carbocycles. The Kier molecular flexibility index (Phi) is 8.55. The fraction of sp³-hybridized carbons (Fsp3) is 0.300. The maximum absolute atomic E-state index is 12.3. The first-order valence-corrected chi connectivity index (χ1v) is 12.5. The van der Waals surface area contributed by atoms with Crippen LogP contribution < -0.4 is 14.8 Å². The molecule has 2 N–H and O–H groups in total. The second kappa shape index (κ2) is 10.7. The molecule has 0 radical (unpaired) electrons. The van der Waals surface area contributed by atoms with Gasteiger partial charge in [0.05, 0.1) is 28.2 Å². The van der Waals surface area contributed by atoms with Crippen molar-refractivity contribution >= 4 is 37.6 Å². The lowest BCUT2D eigenvalue weighted by molar-refractivity contribution is -0.119. The Morgan fingerprint density at radius 3 is 2.30 bits per heavy atom. The number of nitrogens with zero attached hydrogens (tertiary/aromatic N) is 1. The van der Waals surface area contributed by atoms with Crippen LogP contribution in [0.25, 0.3) is 0 Å². The van der Waals surface area contributed by atoms with E-state index in [1.807, 2.05) is 0 Å². The number of methoxy groups -OCH3 is 1. The molecular weight excluding hydrogens is 474 g/mol. The van der Waals surface area contributed by atoms with Gasteiger partial charge in [-0.2, -0.15) is 0 Å². The third-order valence-corrected chi connectivity index (χ3v) is 7.63. The van der Waals surface area contributed by atoms with Crippen molar-refractivity contribution in [2.75, 3.05) is 39.7 Å². The standard InChI is InChI=1S/C20H25N3O8S2/c1-5-21-32(26,27)15-8-6-7-14(11-15)20(25)31-13-19(24)22-17-12-16(9-10-18(17)30-4)33(28,29)23(2)3/h6-12,21H,5,13H2,1-4H3,(H,22,24). The number of anilines is 1. The molecule has 0 fully saturated rings. The second-order valence-electron chi connectivity index (χ2n) is 6.80. The Balaban J connectivity index is 2.13. The summed E-state index contributed by atoms with van der Waals surface area (Å²) in [6.45, 7) is 1.10. The summed E-state index contributed by atoms with van der Waals surface area (Å²) in [6, 6.07) is 9.13. The molecule has 1 amide bonds. The molecule has 0 saturated heterocycles. The summed E-state index contributed by atoms with van der Waals surface area (Å²) in [6.07, 6.45) is 0. The number of benzene rings is 2. The van der Waals surface area contributed by atoms with Gasteiger partial charge in [0.15, 0.2) is 6.61 Å². The average molecular weight is 500 g/mol. The molecule has 0 unspecified atom stereocenters. The van der Waals surface area contributed by atoms with Gasteiger partial charge in [-0.25, -0.2) is 30.7 Å². The number of rotatable bonds is 10. The first kappa shape index (κ1) is 26.3. The lowest BCUT2D eigenvalue weighted by atomic mass is 10.2. The number of hydrogen-bond donors (Lipinski definition) is 2. The first-order chi connectivity index (χ1) is 15.4. The molecule has 0 aliphatic carbocycles. The molecule has 180 valence electrons. The minimum atomic E-state index is -3.77. The fourth-order valence-corrected chi connectivity index (χ4v) is 4.64. The van der Waals surface area contributed by atoms with Gasteiger partial charge >= 0.3 is 5.97 Å². The predicted octanol–water partition coefficient (Wildman–Crippen LogP) is 1.04. The molecule has 0 aliphatic rings. The van der Waals surface area contributed by atoms with Crippen LogP contribution in [-0.4, -0.2) is 67.4 Å². The summed E-state index contributed by atoms with van der Waals surface area (Å²) in [4.78, 5) is 24.4. The van der Waals surface area contributed by atoms with Gasteiger partial charge in [-0.3, -0.25) is 4.79 Å². The average Bonchev–Trinajstić information content (AvgIpc) is 2.77. The first-order valence-electron chi connectivity index (χ1n) is 9.59. The summed E-state index contributed by atoms with van der Waals surface area (Å²) >= 11 is 0. The van der Waals surface area contributed by atoms with Crippen molar-refractivity contribution in [2.24, 2.45) is 0 Å². The molecule has 0 saturated carbocycles. The molecule has 0 aliphatic heterocycles. The fourth-order valence-electron chi connectivity index (χ4n) is 2.62. The van der Waals surface area contributed by atoms with Crippen LogP contribution >= 0.6 is 0 Å². The topological polar surface area (TPSA) is 148 Å². The van der Waals surface area contributed by atoms with E-state index in [0.29, 0.717) is 0 Å². The molecule has 2 aromatic rings. The summed E-state index contributed by atoms with van der Waals surface area (Å²) in [5.41, 5.74) is 0.0126. The van der Waals surface area contributed by atoms with E-state index in [0.717, 1.165) is 10.4 Å². The highest BCUT2D eigenvalue weighted by molar-refractivity contribution is 7.89. The highest BCUT2D eigenvalue weighted by atomic mass is 32.2. The Labute approximate surface area is 192 Å². The number of carbonyl (C=O) groups is 2. The third kappa shape index (κ3) is 6.51. The van der Waals surface area contributed by atoms with Crippen molar-refractivity contribution in [2.45, 2.75) is 16.7 Å². The number of amides is 1. The van der Waals surface area contributed by atoms with E-state index >= 15 is 0 Å². The number of hydrogen-bond acceptors (Lipinski definition) is 8. The molecule has 11 nitrogen and oxygen atoms in total. The minimum Gasteiger partial charge on any atom is -0.495 e. The van der Waals surface area contributed by atoms with Gasteiger partial charge in [0.2, 0.25) is 20.0 Å².